The molecule has 2 aliphatic heterocycles. The van der Waals surface area contributed by atoms with E-state index in [1.54, 1.807) is 6.20 Å². The number of morpholine rings is 1. The van der Waals surface area contributed by atoms with Crippen LogP contribution in [0.3, 0.4) is 0 Å². The number of ketones is 1. The number of pyridine rings is 2. The predicted molar refractivity (Wildman–Crippen MR) is 138 cm³/mol. The van der Waals surface area contributed by atoms with Crippen LogP contribution in [0.2, 0.25) is 0 Å². The van der Waals surface area contributed by atoms with E-state index in [1.807, 2.05) is 62.4 Å². The SMILES string of the molecule is CC1(C)CN(Cc2ccccc2)C(c2ccccn2)C(=Cc2cccc(N3CCOCC3)n2)C1=O. The molecule has 1 aromatic carbocycles. The van der Waals surface area contributed by atoms with Gasteiger partial charge < -0.3 is 9.64 Å². The number of hydrogen-bond acceptors (Lipinski definition) is 6. The number of carbonyl (C=O) groups excluding carboxylic acids is 1. The standard InChI is InChI=1S/C29H32N4O2/c1-29(2)21-33(20-22-9-4-3-5-10-22)27(25-12-6-7-14-30-25)24(28(29)34)19-23-11-8-13-26(31-23)32-15-17-35-18-16-32/h3-14,19,27H,15-18,20-21H2,1-2H3. The molecule has 4 heterocycles. The van der Waals surface area contributed by atoms with Gasteiger partial charge in [0, 0.05) is 43.4 Å². The molecule has 2 fully saturated rings. The number of likely N-dealkylation sites (tertiary alicyclic amines) is 1. The Labute approximate surface area is 207 Å². The van der Waals surface area contributed by atoms with E-state index < -0.39 is 5.41 Å². The average molecular weight is 469 g/mol. The number of hydrogen-bond donors (Lipinski definition) is 0. The lowest BCUT2D eigenvalue weighted by atomic mass is 9.75. The zero-order valence-electron chi connectivity index (χ0n) is 20.4. The van der Waals surface area contributed by atoms with Crippen molar-refractivity contribution in [2.75, 3.05) is 37.7 Å². The van der Waals surface area contributed by atoms with E-state index in [9.17, 15) is 4.79 Å². The third-order valence-corrected chi connectivity index (χ3v) is 6.73. The zero-order valence-corrected chi connectivity index (χ0v) is 20.4. The predicted octanol–water partition coefficient (Wildman–Crippen LogP) is 4.55. The van der Waals surface area contributed by atoms with Crippen molar-refractivity contribution >= 4 is 17.7 Å². The lowest BCUT2D eigenvalue weighted by molar-refractivity contribution is -0.128. The van der Waals surface area contributed by atoms with Crippen molar-refractivity contribution in [1.29, 1.82) is 0 Å². The van der Waals surface area contributed by atoms with Gasteiger partial charge in [-0.05, 0) is 35.9 Å². The van der Waals surface area contributed by atoms with Crippen molar-refractivity contribution in [1.82, 2.24) is 14.9 Å². The van der Waals surface area contributed by atoms with Crippen molar-refractivity contribution < 1.29 is 9.53 Å². The third-order valence-electron chi connectivity index (χ3n) is 6.73. The van der Waals surface area contributed by atoms with E-state index in [1.165, 1.54) is 5.56 Å². The highest BCUT2D eigenvalue weighted by molar-refractivity contribution is 6.05. The van der Waals surface area contributed by atoms with Crippen LogP contribution < -0.4 is 4.90 Å². The lowest BCUT2D eigenvalue weighted by Gasteiger charge is -2.44. The van der Waals surface area contributed by atoms with Crippen LogP contribution in [-0.4, -0.2) is 53.5 Å². The molecule has 0 bridgehead atoms. The molecule has 0 spiro atoms. The Balaban J connectivity index is 1.57. The monoisotopic (exact) mass is 468 g/mol. The largest absolute Gasteiger partial charge is 0.378 e. The van der Waals surface area contributed by atoms with Gasteiger partial charge in [0.2, 0.25) is 0 Å². The Morgan fingerprint density at radius 1 is 1.00 bits per heavy atom. The quantitative estimate of drug-likeness (QED) is 0.512. The molecule has 2 aromatic heterocycles. The van der Waals surface area contributed by atoms with Crippen LogP contribution in [0.25, 0.3) is 6.08 Å². The van der Waals surface area contributed by atoms with Crippen LogP contribution in [-0.2, 0) is 16.1 Å². The van der Waals surface area contributed by atoms with E-state index in [0.29, 0.717) is 19.8 Å². The molecule has 6 heteroatoms. The molecule has 1 atom stereocenters. The summed E-state index contributed by atoms with van der Waals surface area (Å²) in [6.07, 6.45) is 3.78. The van der Waals surface area contributed by atoms with Crippen molar-refractivity contribution in [2.24, 2.45) is 5.41 Å². The second kappa shape index (κ2) is 10.1. The highest BCUT2D eigenvalue weighted by Gasteiger charge is 2.44. The van der Waals surface area contributed by atoms with Gasteiger partial charge in [-0.3, -0.25) is 14.7 Å². The molecule has 2 saturated heterocycles. The van der Waals surface area contributed by atoms with Crippen molar-refractivity contribution in [3.05, 3.63) is 95.5 Å². The minimum absolute atomic E-state index is 0.149. The third kappa shape index (κ3) is 5.19. The number of benzene rings is 1. The number of nitrogens with zero attached hydrogens (tertiary/aromatic N) is 4. The van der Waals surface area contributed by atoms with Gasteiger partial charge >= 0.3 is 0 Å². The Kier molecular flexibility index (Phi) is 6.75. The van der Waals surface area contributed by atoms with E-state index in [0.717, 1.165) is 42.4 Å². The van der Waals surface area contributed by atoms with Crippen LogP contribution in [0, 0.1) is 5.41 Å². The maximum absolute atomic E-state index is 13.8. The van der Waals surface area contributed by atoms with Crippen LogP contribution in [0.1, 0.15) is 36.8 Å². The van der Waals surface area contributed by atoms with Crippen LogP contribution in [0.4, 0.5) is 5.82 Å². The Bertz CT molecular complexity index is 1190. The molecule has 180 valence electrons. The topological polar surface area (TPSA) is 58.6 Å². The molecule has 6 nitrogen and oxygen atoms in total. The number of Topliss-reactive ketones (excluding diaryl/α,β-unsaturated/α-hetero) is 1. The molecule has 2 aliphatic rings. The fourth-order valence-electron chi connectivity index (χ4n) is 5.02. The molecule has 5 rings (SSSR count). The fourth-order valence-corrected chi connectivity index (χ4v) is 5.02. The summed E-state index contributed by atoms with van der Waals surface area (Å²) >= 11 is 0. The van der Waals surface area contributed by atoms with E-state index in [2.05, 4.69) is 39.0 Å². The van der Waals surface area contributed by atoms with Crippen LogP contribution >= 0.6 is 0 Å². The zero-order chi connectivity index (χ0) is 24.3. The molecular formula is C29H32N4O2. The Hall–Kier alpha value is -3.35. The molecule has 35 heavy (non-hydrogen) atoms. The van der Waals surface area contributed by atoms with Gasteiger partial charge in [-0.2, -0.15) is 0 Å². The molecular weight excluding hydrogens is 436 g/mol. The number of ether oxygens (including phenoxy) is 1. The second-order valence-corrected chi connectivity index (χ2v) is 9.88. The van der Waals surface area contributed by atoms with E-state index >= 15 is 0 Å². The summed E-state index contributed by atoms with van der Waals surface area (Å²) in [5.74, 6) is 1.07. The smallest absolute Gasteiger partial charge is 0.167 e. The summed E-state index contributed by atoms with van der Waals surface area (Å²) in [5, 5.41) is 0. The maximum atomic E-state index is 13.8. The highest BCUT2D eigenvalue weighted by Crippen LogP contribution is 2.41. The summed E-state index contributed by atoms with van der Waals surface area (Å²) in [5.41, 5.74) is 3.10. The number of carbonyl (C=O) groups is 1. The molecule has 3 aromatic rings. The first-order chi connectivity index (χ1) is 17.0. The fraction of sp³-hybridized carbons (Fsp3) is 0.345. The summed E-state index contributed by atoms with van der Waals surface area (Å²) in [6.45, 7) is 8.51. The van der Waals surface area contributed by atoms with Crippen LogP contribution in [0.5, 0.6) is 0 Å². The number of rotatable bonds is 5. The van der Waals surface area contributed by atoms with Gasteiger partial charge in [-0.1, -0.05) is 56.3 Å². The molecule has 0 saturated carbocycles. The minimum Gasteiger partial charge on any atom is -0.378 e. The van der Waals surface area contributed by atoms with Gasteiger partial charge in [0.1, 0.15) is 5.82 Å². The molecule has 1 unspecified atom stereocenters. The van der Waals surface area contributed by atoms with Crippen molar-refractivity contribution in [3.63, 3.8) is 0 Å². The van der Waals surface area contributed by atoms with Crippen LogP contribution in [0.15, 0.2) is 78.5 Å². The summed E-state index contributed by atoms with van der Waals surface area (Å²) in [4.78, 5) is 28.0. The average Bonchev–Trinajstić information content (AvgIpc) is 2.89. The second-order valence-electron chi connectivity index (χ2n) is 9.88. The first kappa shape index (κ1) is 23.4. The molecule has 0 aliphatic carbocycles. The minimum atomic E-state index is -0.520. The number of piperidine rings is 1. The van der Waals surface area contributed by atoms with E-state index in [-0.39, 0.29) is 11.8 Å². The summed E-state index contributed by atoms with van der Waals surface area (Å²) in [7, 11) is 0. The van der Waals surface area contributed by atoms with Gasteiger partial charge in [0.25, 0.3) is 0 Å². The normalized spacial score (nSPS) is 21.9. The van der Waals surface area contributed by atoms with Crippen molar-refractivity contribution in [3.8, 4) is 0 Å². The van der Waals surface area contributed by atoms with Gasteiger partial charge in [-0.25, -0.2) is 4.98 Å². The number of aromatic nitrogens is 2. The van der Waals surface area contributed by atoms with Gasteiger partial charge in [-0.15, -0.1) is 0 Å². The summed E-state index contributed by atoms with van der Waals surface area (Å²) in [6, 6.07) is 22.1. The first-order valence-electron chi connectivity index (χ1n) is 12.3. The molecule has 0 N–H and O–H groups in total. The molecule has 0 amide bonds. The maximum Gasteiger partial charge on any atom is 0.167 e. The Morgan fingerprint density at radius 2 is 1.77 bits per heavy atom. The van der Waals surface area contributed by atoms with Crippen molar-refractivity contribution in [2.45, 2.75) is 26.4 Å². The van der Waals surface area contributed by atoms with Gasteiger partial charge in [0.15, 0.2) is 5.78 Å². The van der Waals surface area contributed by atoms with Gasteiger partial charge in [0.05, 0.1) is 30.6 Å². The number of anilines is 1. The Morgan fingerprint density at radius 3 is 2.51 bits per heavy atom. The first-order valence-corrected chi connectivity index (χ1v) is 12.3. The highest BCUT2D eigenvalue weighted by atomic mass is 16.5. The summed E-state index contributed by atoms with van der Waals surface area (Å²) < 4.78 is 5.50. The molecule has 0 radical (unpaired) electrons. The lowest BCUT2D eigenvalue weighted by Crippen LogP contribution is -2.49. The van der Waals surface area contributed by atoms with E-state index in [4.69, 9.17) is 9.72 Å².